The van der Waals surface area contributed by atoms with Crippen molar-refractivity contribution >= 4 is 22.7 Å². The number of ether oxygens (including phenoxy) is 1. The van der Waals surface area contributed by atoms with E-state index < -0.39 is 0 Å². The zero-order valence-electron chi connectivity index (χ0n) is 13.1. The predicted molar refractivity (Wildman–Crippen MR) is 87.5 cm³/mol. The lowest BCUT2D eigenvalue weighted by atomic mass is 10.1. The van der Waals surface area contributed by atoms with E-state index in [-0.39, 0.29) is 16.7 Å². The third-order valence-electron chi connectivity index (χ3n) is 3.49. The van der Waals surface area contributed by atoms with Crippen molar-refractivity contribution in [3.63, 3.8) is 0 Å². The average molecular weight is 321 g/mol. The van der Waals surface area contributed by atoms with E-state index in [0.29, 0.717) is 12.1 Å². The van der Waals surface area contributed by atoms with E-state index in [2.05, 4.69) is 4.98 Å². The molecule has 0 saturated carbocycles. The van der Waals surface area contributed by atoms with Gasteiger partial charge in [0.2, 0.25) is 0 Å². The second-order valence-electron chi connectivity index (χ2n) is 5.14. The Morgan fingerprint density at radius 2 is 2.23 bits per heavy atom. The molecule has 1 aromatic carbocycles. The molecule has 2 aromatic rings. The highest BCUT2D eigenvalue weighted by molar-refractivity contribution is 7.09. The third-order valence-corrected chi connectivity index (χ3v) is 4.54. The summed E-state index contributed by atoms with van der Waals surface area (Å²) in [5.74, 6) is 0. The molecule has 0 spiro atoms. The summed E-state index contributed by atoms with van der Waals surface area (Å²) >= 11 is 1.58. The van der Waals surface area contributed by atoms with Crippen molar-refractivity contribution < 1.29 is 9.66 Å². The Morgan fingerprint density at radius 1 is 1.50 bits per heavy atom. The first kappa shape index (κ1) is 16.4. The molecule has 0 aliphatic heterocycles. The summed E-state index contributed by atoms with van der Waals surface area (Å²) in [6.07, 6.45) is -0.00863. The quantitative estimate of drug-likeness (QED) is 0.599. The van der Waals surface area contributed by atoms with Crippen LogP contribution in [0.4, 0.5) is 11.4 Å². The highest BCUT2D eigenvalue weighted by atomic mass is 32.1. The first-order valence-electron chi connectivity index (χ1n) is 6.85. The summed E-state index contributed by atoms with van der Waals surface area (Å²) in [4.78, 5) is 17.1. The van der Waals surface area contributed by atoms with Crippen LogP contribution in [0.3, 0.4) is 0 Å². The van der Waals surface area contributed by atoms with Crippen molar-refractivity contribution in [2.75, 3.05) is 19.1 Å². The van der Waals surface area contributed by atoms with Crippen molar-refractivity contribution in [1.29, 1.82) is 0 Å². The van der Waals surface area contributed by atoms with Gasteiger partial charge < -0.3 is 9.64 Å². The van der Waals surface area contributed by atoms with Crippen LogP contribution in [0.5, 0.6) is 0 Å². The number of thiazole rings is 1. The third kappa shape index (κ3) is 3.61. The van der Waals surface area contributed by atoms with Gasteiger partial charge in [-0.15, -0.1) is 11.3 Å². The minimum absolute atomic E-state index is 0.00863. The summed E-state index contributed by atoms with van der Waals surface area (Å²) in [6, 6.07) is 5.13. The van der Waals surface area contributed by atoms with Crippen LogP contribution in [0.15, 0.2) is 23.6 Å². The highest BCUT2D eigenvalue weighted by Gasteiger charge is 2.14. The largest absolute Gasteiger partial charge is 0.375 e. The summed E-state index contributed by atoms with van der Waals surface area (Å²) in [6.45, 7) is 4.35. The van der Waals surface area contributed by atoms with E-state index in [0.717, 1.165) is 16.4 Å². The molecule has 1 heterocycles. The van der Waals surface area contributed by atoms with Crippen LogP contribution in [0.2, 0.25) is 0 Å². The number of nitro groups is 1. The van der Waals surface area contributed by atoms with Crippen LogP contribution in [-0.2, 0) is 11.3 Å². The van der Waals surface area contributed by atoms with Gasteiger partial charge in [-0.2, -0.15) is 0 Å². The molecular weight excluding hydrogens is 302 g/mol. The summed E-state index contributed by atoms with van der Waals surface area (Å²) < 4.78 is 5.26. The van der Waals surface area contributed by atoms with Gasteiger partial charge in [-0.25, -0.2) is 4.98 Å². The van der Waals surface area contributed by atoms with Gasteiger partial charge in [-0.1, -0.05) is 0 Å². The number of hydrogen-bond acceptors (Lipinski definition) is 6. The zero-order chi connectivity index (χ0) is 16.3. The van der Waals surface area contributed by atoms with Gasteiger partial charge in [0.05, 0.1) is 17.2 Å². The maximum atomic E-state index is 10.9. The molecule has 1 atom stereocenters. The van der Waals surface area contributed by atoms with Crippen molar-refractivity contribution in [2.45, 2.75) is 26.5 Å². The minimum atomic E-state index is -0.363. The Kier molecular flexibility index (Phi) is 5.10. The lowest BCUT2D eigenvalue weighted by Gasteiger charge is -2.18. The van der Waals surface area contributed by atoms with Gasteiger partial charge in [0.25, 0.3) is 5.69 Å². The Balaban J connectivity index is 2.12. The number of hydrogen-bond donors (Lipinski definition) is 0. The Bertz CT molecular complexity index is 672. The number of nitrogens with zero attached hydrogens (tertiary/aromatic N) is 3. The molecule has 0 bridgehead atoms. The number of methoxy groups -OCH3 is 1. The topological polar surface area (TPSA) is 68.5 Å². The predicted octanol–water partition coefficient (Wildman–Crippen LogP) is 3.70. The lowest BCUT2D eigenvalue weighted by Crippen LogP contribution is -2.17. The average Bonchev–Trinajstić information content (AvgIpc) is 2.94. The number of rotatable bonds is 6. The van der Waals surface area contributed by atoms with Gasteiger partial charge in [0.1, 0.15) is 11.1 Å². The molecule has 0 radical (unpaired) electrons. The molecule has 0 aliphatic carbocycles. The first-order valence-corrected chi connectivity index (χ1v) is 7.73. The number of anilines is 1. The second kappa shape index (κ2) is 6.85. The van der Waals surface area contributed by atoms with Crippen LogP contribution in [0.25, 0.3) is 0 Å². The summed E-state index contributed by atoms with van der Waals surface area (Å²) in [5.41, 5.74) is 2.68. The minimum Gasteiger partial charge on any atom is -0.375 e. The SMILES string of the molecule is COC(C)c1nc(CN(C)c2ccc([N+](=O)[O-])c(C)c2)cs1. The fourth-order valence-electron chi connectivity index (χ4n) is 2.10. The number of benzene rings is 1. The van der Waals surface area contributed by atoms with E-state index in [1.165, 1.54) is 0 Å². The van der Waals surface area contributed by atoms with E-state index in [1.807, 2.05) is 30.3 Å². The number of nitro benzene ring substituents is 1. The maximum absolute atomic E-state index is 10.9. The van der Waals surface area contributed by atoms with Gasteiger partial charge >= 0.3 is 0 Å². The Morgan fingerprint density at radius 3 is 2.82 bits per heavy atom. The molecular formula is C15H19N3O3S. The fraction of sp³-hybridized carbons (Fsp3) is 0.400. The van der Waals surface area contributed by atoms with Crippen molar-refractivity contribution in [3.05, 3.63) is 50.0 Å². The normalized spacial score (nSPS) is 12.2. The maximum Gasteiger partial charge on any atom is 0.272 e. The fourth-order valence-corrected chi connectivity index (χ4v) is 2.94. The standard InChI is InChI=1S/C15H19N3O3S/c1-10-7-13(5-6-14(10)18(19)20)17(3)8-12-9-22-15(16-12)11(2)21-4/h5-7,9,11H,8H2,1-4H3. The molecule has 0 N–H and O–H groups in total. The number of aryl methyl sites for hydroxylation is 1. The van der Waals surface area contributed by atoms with Crippen LogP contribution < -0.4 is 4.90 Å². The smallest absolute Gasteiger partial charge is 0.272 e. The van der Waals surface area contributed by atoms with Crippen LogP contribution in [-0.4, -0.2) is 24.1 Å². The van der Waals surface area contributed by atoms with Gasteiger partial charge in [0.15, 0.2) is 0 Å². The molecule has 2 rings (SSSR count). The molecule has 0 fully saturated rings. The van der Waals surface area contributed by atoms with Gasteiger partial charge in [0, 0.05) is 36.9 Å². The van der Waals surface area contributed by atoms with Crippen LogP contribution in [0.1, 0.15) is 29.3 Å². The Labute approximate surface area is 133 Å². The molecule has 0 aliphatic rings. The molecule has 1 aromatic heterocycles. The van der Waals surface area contributed by atoms with Gasteiger partial charge in [-0.05, 0) is 26.0 Å². The van der Waals surface area contributed by atoms with E-state index in [4.69, 9.17) is 4.74 Å². The van der Waals surface area contributed by atoms with Crippen LogP contribution >= 0.6 is 11.3 Å². The first-order chi connectivity index (χ1) is 10.4. The molecule has 118 valence electrons. The number of aromatic nitrogens is 1. The zero-order valence-corrected chi connectivity index (χ0v) is 13.9. The second-order valence-corrected chi connectivity index (χ2v) is 6.03. The lowest BCUT2D eigenvalue weighted by molar-refractivity contribution is -0.385. The van der Waals surface area contributed by atoms with E-state index in [1.54, 1.807) is 37.5 Å². The van der Waals surface area contributed by atoms with Crippen LogP contribution in [0, 0.1) is 17.0 Å². The molecule has 0 amide bonds. The summed E-state index contributed by atoms with van der Waals surface area (Å²) in [5, 5.41) is 13.8. The van der Waals surface area contributed by atoms with E-state index >= 15 is 0 Å². The monoisotopic (exact) mass is 321 g/mol. The Hall–Kier alpha value is -1.99. The highest BCUT2D eigenvalue weighted by Crippen LogP contribution is 2.26. The molecule has 7 heteroatoms. The van der Waals surface area contributed by atoms with Crippen molar-refractivity contribution in [3.8, 4) is 0 Å². The summed E-state index contributed by atoms with van der Waals surface area (Å²) in [7, 11) is 3.61. The molecule has 0 saturated heterocycles. The van der Waals surface area contributed by atoms with E-state index in [9.17, 15) is 10.1 Å². The molecule has 6 nitrogen and oxygen atoms in total. The van der Waals surface area contributed by atoms with Crippen molar-refractivity contribution in [2.24, 2.45) is 0 Å². The van der Waals surface area contributed by atoms with Gasteiger partial charge in [-0.3, -0.25) is 10.1 Å². The molecule has 22 heavy (non-hydrogen) atoms. The molecule has 1 unspecified atom stereocenters. The van der Waals surface area contributed by atoms with Crippen molar-refractivity contribution in [1.82, 2.24) is 4.98 Å².